The van der Waals surface area contributed by atoms with Gasteiger partial charge in [0.1, 0.15) is 6.04 Å². The van der Waals surface area contributed by atoms with Gasteiger partial charge >= 0.3 is 5.97 Å². The number of carboxylic acids is 1. The summed E-state index contributed by atoms with van der Waals surface area (Å²) in [6, 6.07) is 0.112. The lowest BCUT2D eigenvalue weighted by Crippen LogP contribution is -2.41. The zero-order valence-corrected chi connectivity index (χ0v) is 11.0. The molecule has 0 rings (SSSR count). The van der Waals surface area contributed by atoms with Gasteiger partial charge in [-0.2, -0.15) is 0 Å². The van der Waals surface area contributed by atoms with Crippen LogP contribution in [0, 0.1) is 0 Å². The first-order valence-corrected chi connectivity index (χ1v) is 6.15. The molecule has 0 saturated carbocycles. The van der Waals surface area contributed by atoms with Crippen molar-refractivity contribution in [3.63, 3.8) is 0 Å². The molecule has 16 heavy (non-hydrogen) atoms. The highest BCUT2D eigenvalue weighted by atomic mass is 16.4. The van der Waals surface area contributed by atoms with E-state index in [1.807, 2.05) is 7.05 Å². The van der Waals surface area contributed by atoms with E-state index < -0.39 is 5.97 Å². The van der Waals surface area contributed by atoms with Crippen LogP contribution < -0.4 is 5.32 Å². The Morgan fingerprint density at radius 3 is 2.50 bits per heavy atom. The molecule has 0 aliphatic rings. The molecule has 0 aromatic carbocycles. The first kappa shape index (κ1) is 15.4. The van der Waals surface area contributed by atoms with Gasteiger partial charge in [-0.15, -0.1) is 0 Å². The van der Waals surface area contributed by atoms with Gasteiger partial charge in [0.05, 0.1) is 0 Å². The number of nitrogens with one attached hydrogen (secondary N) is 1. The number of unbranched alkanes of at least 4 members (excludes halogenated alkanes) is 1. The highest BCUT2D eigenvalue weighted by Gasteiger charge is 2.15. The van der Waals surface area contributed by atoms with Crippen molar-refractivity contribution in [1.82, 2.24) is 10.2 Å². The highest BCUT2D eigenvalue weighted by Crippen LogP contribution is 2.01. The molecule has 1 unspecified atom stereocenters. The standard InChI is InChI=1S/C12H26N2O2/c1-5-6-7-11(12(15)16)13-8-9-14(4)10(2)3/h10-11,13H,5-9H2,1-4H3,(H,15,16). The molecule has 0 bridgehead atoms. The van der Waals surface area contributed by atoms with Crippen LogP contribution in [-0.2, 0) is 4.79 Å². The lowest BCUT2D eigenvalue weighted by molar-refractivity contribution is -0.139. The molecular formula is C12H26N2O2. The van der Waals surface area contributed by atoms with Crippen LogP contribution in [0.3, 0.4) is 0 Å². The molecule has 0 saturated heterocycles. The third-order valence-corrected chi connectivity index (χ3v) is 2.88. The maximum Gasteiger partial charge on any atom is 0.320 e. The van der Waals surface area contributed by atoms with Crippen molar-refractivity contribution >= 4 is 5.97 Å². The smallest absolute Gasteiger partial charge is 0.320 e. The average Bonchev–Trinajstić information content (AvgIpc) is 2.21. The number of hydrogen-bond acceptors (Lipinski definition) is 3. The average molecular weight is 230 g/mol. The Kier molecular flexibility index (Phi) is 8.21. The minimum absolute atomic E-state index is 0.388. The van der Waals surface area contributed by atoms with Gasteiger partial charge < -0.3 is 15.3 Å². The normalized spacial score (nSPS) is 13.4. The maximum absolute atomic E-state index is 10.9. The molecule has 0 heterocycles. The Balaban J connectivity index is 3.80. The summed E-state index contributed by atoms with van der Waals surface area (Å²) in [5, 5.41) is 12.1. The summed E-state index contributed by atoms with van der Waals surface area (Å²) in [6.45, 7) is 7.95. The molecule has 0 radical (unpaired) electrons. The monoisotopic (exact) mass is 230 g/mol. The minimum atomic E-state index is -0.736. The molecule has 0 spiro atoms. The topological polar surface area (TPSA) is 52.6 Å². The van der Waals surface area contributed by atoms with E-state index in [0.29, 0.717) is 6.04 Å². The quantitative estimate of drug-likeness (QED) is 0.631. The van der Waals surface area contributed by atoms with Crippen molar-refractivity contribution in [2.75, 3.05) is 20.1 Å². The van der Waals surface area contributed by atoms with Crippen LogP contribution in [0.15, 0.2) is 0 Å². The van der Waals surface area contributed by atoms with E-state index in [0.717, 1.165) is 32.4 Å². The van der Waals surface area contributed by atoms with Gasteiger partial charge in [0.25, 0.3) is 0 Å². The van der Waals surface area contributed by atoms with Crippen LogP contribution in [0.1, 0.15) is 40.0 Å². The summed E-state index contributed by atoms with van der Waals surface area (Å²) in [5.41, 5.74) is 0. The van der Waals surface area contributed by atoms with Crippen LogP contribution in [0.25, 0.3) is 0 Å². The predicted molar refractivity (Wildman–Crippen MR) is 66.7 cm³/mol. The summed E-state index contributed by atoms with van der Waals surface area (Å²) < 4.78 is 0. The third kappa shape index (κ3) is 6.80. The zero-order chi connectivity index (χ0) is 12.6. The van der Waals surface area contributed by atoms with Gasteiger partial charge in [0, 0.05) is 19.1 Å². The van der Waals surface area contributed by atoms with Gasteiger partial charge in [0.2, 0.25) is 0 Å². The number of likely N-dealkylation sites (N-methyl/N-ethyl adjacent to an activating group) is 1. The molecular weight excluding hydrogens is 204 g/mol. The maximum atomic E-state index is 10.9. The molecule has 4 nitrogen and oxygen atoms in total. The van der Waals surface area contributed by atoms with Crippen LogP contribution in [-0.4, -0.2) is 48.2 Å². The molecule has 96 valence electrons. The summed E-state index contributed by atoms with van der Waals surface area (Å²) in [5.74, 6) is -0.736. The SMILES string of the molecule is CCCCC(NCCN(C)C(C)C)C(=O)O. The van der Waals surface area contributed by atoms with E-state index >= 15 is 0 Å². The Hall–Kier alpha value is -0.610. The fraction of sp³-hybridized carbons (Fsp3) is 0.917. The van der Waals surface area contributed by atoms with Gasteiger partial charge in [-0.3, -0.25) is 4.79 Å². The van der Waals surface area contributed by atoms with Gasteiger partial charge in [-0.05, 0) is 27.3 Å². The molecule has 0 aliphatic carbocycles. The molecule has 0 fully saturated rings. The molecule has 1 atom stereocenters. The second-order valence-corrected chi connectivity index (χ2v) is 4.56. The van der Waals surface area contributed by atoms with Crippen molar-refractivity contribution in [3.05, 3.63) is 0 Å². The molecule has 2 N–H and O–H groups in total. The zero-order valence-electron chi connectivity index (χ0n) is 11.0. The second-order valence-electron chi connectivity index (χ2n) is 4.56. The first-order valence-electron chi connectivity index (χ1n) is 6.15. The van der Waals surface area contributed by atoms with E-state index in [-0.39, 0.29) is 6.04 Å². The largest absolute Gasteiger partial charge is 0.480 e. The van der Waals surface area contributed by atoms with Crippen LogP contribution in [0.4, 0.5) is 0 Å². The molecule has 0 aromatic heterocycles. The van der Waals surface area contributed by atoms with Crippen LogP contribution >= 0.6 is 0 Å². The summed E-state index contributed by atoms with van der Waals surface area (Å²) >= 11 is 0. The molecule has 0 aromatic rings. The number of carboxylic acid groups (broad SMARTS) is 1. The van der Waals surface area contributed by atoms with E-state index in [2.05, 4.69) is 31.0 Å². The minimum Gasteiger partial charge on any atom is -0.480 e. The molecule has 4 heteroatoms. The molecule has 0 amide bonds. The second kappa shape index (κ2) is 8.53. The van der Waals surface area contributed by atoms with E-state index in [1.165, 1.54) is 0 Å². The molecule has 0 aliphatic heterocycles. The Bertz CT molecular complexity index is 195. The van der Waals surface area contributed by atoms with Crippen LogP contribution in [0.5, 0.6) is 0 Å². The first-order chi connectivity index (χ1) is 7.49. The predicted octanol–water partition coefficient (Wildman–Crippen LogP) is 1.56. The Labute approximate surface area is 99.0 Å². The highest BCUT2D eigenvalue weighted by molar-refractivity contribution is 5.73. The third-order valence-electron chi connectivity index (χ3n) is 2.88. The summed E-state index contributed by atoms with van der Waals surface area (Å²) in [7, 11) is 2.05. The van der Waals surface area contributed by atoms with Crippen molar-refractivity contribution in [2.45, 2.75) is 52.1 Å². The van der Waals surface area contributed by atoms with Crippen molar-refractivity contribution in [2.24, 2.45) is 0 Å². The number of aliphatic carboxylic acids is 1. The number of nitrogens with zero attached hydrogens (tertiary/aromatic N) is 1. The summed E-state index contributed by atoms with van der Waals surface area (Å²) in [4.78, 5) is 13.1. The lowest BCUT2D eigenvalue weighted by Gasteiger charge is -2.22. The van der Waals surface area contributed by atoms with E-state index in [9.17, 15) is 4.79 Å². The Morgan fingerprint density at radius 2 is 2.06 bits per heavy atom. The number of carbonyl (C=O) groups is 1. The van der Waals surface area contributed by atoms with E-state index in [1.54, 1.807) is 0 Å². The van der Waals surface area contributed by atoms with Gasteiger partial charge in [-0.1, -0.05) is 19.8 Å². The van der Waals surface area contributed by atoms with Crippen molar-refractivity contribution < 1.29 is 9.90 Å². The summed E-state index contributed by atoms with van der Waals surface area (Å²) in [6.07, 6.45) is 2.72. The Morgan fingerprint density at radius 1 is 1.44 bits per heavy atom. The fourth-order valence-corrected chi connectivity index (χ4v) is 1.39. The lowest BCUT2D eigenvalue weighted by atomic mass is 10.1. The number of rotatable bonds is 9. The van der Waals surface area contributed by atoms with Gasteiger partial charge in [-0.25, -0.2) is 0 Å². The van der Waals surface area contributed by atoms with Crippen molar-refractivity contribution in [3.8, 4) is 0 Å². The van der Waals surface area contributed by atoms with Gasteiger partial charge in [0.15, 0.2) is 0 Å². The number of hydrogen-bond donors (Lipinski definition) is 2. The fourth-order valence-electron chi connectivity index (χ4n) is 1.39. The van der Waals surface area contributed by atoms with E-state index in [4.69, 9.17) is 5.11 Å². The van der Waals surface area contributed by atoms with Crippen molar-refractivity contribution in [1.29, 1.82) is 0 Å². The van der Waals surface area contributed by atoms with Crippen LogP contribution in [0.2, 0.25) is 0 Å².